The minimum absolute atomic E-state index is 0.0556. The molecule has 0 aromatic rings. The summed E-state index contributed by atoms with van der Waals surface area (Å²) in [6.45, 7) is 1.35. The first kappa shape index (κ1) is 8.41. The quantitative estimate of drug-likeness (QED) is 0.203. The number of rotatable bonds is 3. The standard InChI is InChI=1S/C4H8N4O2/c1-3(4(9)10)8-7-2-6-5/h2H,5H2,1H3,(H,6,7)(H,9,10). The van der Waals surface area contributed by atoms with Crippen LogP contribution < -0.4 is 11.3 Å². The predicted octanol–water partition coefficient (Wildman–Crippen LogP) is -1.06. The van der Waals surface area contributed by atoms with Crippen molar-refractivity contribution in [2.24, 2.45) is 16.0 Å². The molecule has 0 saturated heterocycles. The first-order valence-electron chi connectivity index (χ1n) is 2.43. The molecule has 4 N–H and O–H groups in total. The summed E-state index contributed by atoms with van der Waals surface area (Å²) in [6, 6.07) is 0. The van der Waals surface area contributed by atoms with Crippen LogP contribution in [0.15, 0.2) is 10.2 Å². The van der Waals surface area contributed by atoms with Crippen LogP contribution in [0.4, 0.5) is 0 Å². The van der Waals surface area contributed by atoms with Crippen molar-refractivity contribution >= 4 is 18.0 Å². The van der Waals surface area contributed by atoms with Crippen molar-refractivity contribution in [1.29, 1.82) is 0 Å². The van der Waals surface area contributed by atoms with Gasteiger partial charge in [0, 0.05) is 0 Å². The van der Waals surface area contributed by atoms with Gasteiger partial charge in [-0.3, -0.25) is 5.43 Å². The van der Waals surface area contributed by atoms with Crippen LogP contribution in [0.1, 0.15) is 6.92 Å². The summed E-state index contributed by atoms with van der Waals surface area (Å²) in [5, 5.41) is 14.6. The second-order valence-electron chi connectivity index (χ2n) is 1.41. The lowest BCUT2D eigenvalue weighted by atomic mass is 10.4. The van der Waals surface area contributed by atoms with Gasteiger partial charge in [0.25, 0.3) is 0 Å². The number of aliphatic carboxylic acids is 1. The number of carboxylic acid groups (broad SMARTS) is 1. The van der Waals surface area contributed by atoms with Crippen LogP contribution in [0.5, 0.6) is 0 Å². The molecule has 0 aliphatic heterocycles. The SMILES string of the molecule is CC(=NNC=NN)C(=O)O. The van der Waals surface area contributed by atoms with Gasteiger partial charge in [0.2, 0.25) is 0 Å². The Kier molecular flexibility index (Phi) is 3.62. The average Bonchev–Trinajstić information content (AvgIpc) is 1.88. The van der Waals surface area contributed by atoms with E-state index in [9.17, 15) is 4.79 Å². The summed E-state index contributed by atoms with van der Waals surface area (Å²) in [5.74, 6) is 3.60. The van der Waals surface area contributed by atoms with Gasteiger partial charge < -0.3 is 10.9 Å². The zero-order valence-electron chi connectivity index (χ0n) is 5.40. The molecule has 0 radical (unpaired) electrons. The summed E-state index contributed by atoms with van der Waals surface area (Å²) in [4.78, 5) is 10.0. The molecule has 0 aromatic carbocycles. The van der Waals surface area contributed by atoms with E-state index in [1.165, 1.54) is 6.92 Å². The smallest absolute Gasteiger partial charge is 0.351 e. The van der Waals surface area contributed by atoms with Gasteiger partial charge in [0.15, 0.2) is 0 Å². The van der Waals surface area contributed by atoms with Crippen molar-refractivity contribution in [3.8, 4) is 0 Å². The van der Waals surface area contributed by atoms with Gasteiger partial charge in [-0.15, -0.1) is 0 Å². The third kappa shape index (κ3) is 3.42. The zero-order chi connectivity index (χ0) is 7.98. The molecular weight excluding hydrogens is 136 g/mol. The minimum atomic E-state index is -1.09. The molecule has 0 aromatic heterocycles. The van der Waals surface area contributed by atoms with Gasteiger partial charge in [-0.05, 0) is 6.92 Å². The molecule has 56 valence electrons. The number of hydrazone groups is 2. The highest BCUT2D eigenvalue weighted by atomic mass is 16.4. The van der Waals surface area contributed by atoms with Gasteiger partial charge in [-0.25, -0.2) is 4.79 Å². The normalized spacial score (nSPS) is 11.9. The second kappa shape index (κ2) is 4.30. The summed E-state index contributed by atoms with van der Waals surface area (Å²) >= 11 is 0. The molecular formula is C4H8N4O2. The van der Waals surface area contributed by atoms with Crippen molar-refractivity contribution in [3.63, 3.8) is 0 Å². The molecule has 0 spiro atoms. The summed E-state index contributed by atoms with van der Waals surface area (Å²) in [6.07, 6.45) is 1.08. The fraction of sp³-hybridized carbons (Fsp3) is 0.250. The van der Waals surface area contributed by atoms with Gasteiger partial charge >= 0.3 is 5.97 Å². The Morgan fingerprint density at radius 2 is 2.40 bits per heavy atom. The van der Waals surface area contributed by atoms with Crippen molar-refractivity contribution < 1.29 is 9.90 Å². The number of nitrogens with two attached hydrogens (primary N) is 1. The molecule has 0 saturated carbocycles. The number of hydrogen-bond donors (Lipinski definition) is 3. The Morgan fingerprint density at radius 1 is 1.80 bits per heavy atom. The highest BCUT2D eigenvalue weighted by Gasteiger charge is 1.98. The molecule has 0 unspecified atom stereocenters. The molecule has 10 heavy (non-hydrogen) atoms. The van der Waals surface area contributed by atoms with Crippen LogP contribution in [0.25, 0.3) is 0 Å². The summed E-state index contributed by atoms with van der Waals surface area (Å²) in [7, 11) is 0. The maximum absolute atomic E-state index is 10.0. The van der Waals surface area contributed by atoms with E-state index in [-0.39, 0.29) is 5.71 Å². The summed E-state index contributed by atoms with van der Waals surface area (Å²) in [5.41, 5.74) is 2.15. The lowest BCUT2D eigenvalue weighted by Crippen LogP contribution is -2.14. The van der Waals surface area contributed by atoms with Crippen molar-refractivity contribution in [3.05, 3.63) is 0 Å². The van der Waals surface area contributed by atoms with Crippen molar-refractivity contribution in [2.45, 2.75) is 6.92 Å². The molecule has 0 aliphatic rings. The maximum atomic E-state index is 10.0. The monoisotopic (exact) mass is 144 g/mol. The predicted molar refractivity (Wildman–Crippen MR) is 36.6 cm³/mol. The summed E-state index contributed by atoms with van der Waals surface area (Å²) < 4.78 is 0. The van der Waals surface area contributed by atoms with E-state index in [4.69, 9.17) is 5.11 Å². The number of nitrogens with one attached hydrogen (secondary N) is 1. The average molecular weight is 144 g/mol. The molecule has 0 bridgehead atoms. The van der Waals surface area contributed by atoms with E-state index in [2.05, 4.69) is 21.5 Å². The molecule has 0 heterocycles. The van der Waals surface area contributed by atoms with Crippen LogP contribution in [0, 0.1) is 0 Å². The van der Waals surface area contributed by atoms with Crippen LogP contribution in [0.2, 0.25) is 0 Å². The number of carboxylic acids is 1. The third-order valence-electron chi connectivity index (χ3n) is 0.674. The maximum Gasteiger partial charge on any atom is 0.351 e. The van der Waals surface area contributed by atoms with Crippen molar-refractivity contribution in [1.82, 2.24) is 5.43 Å². The second-order valence-corrected chi connectivity index (χ2v) is 1.41. The lowest BCUT2D eigenvalue weighted by molar-refractivity contribution is -0.129. The highest BCUT2D eigenvalue weighted by Crippen LogP contribution is 1.71. The van der Waals surface area contributed by atoms with Gasteiger partial charge in [0.05, 0.1) is 0 Å². The fourth-order valence-electron chi connectivity index (χ4n) is 0.207. The van der Waals surface area contributed by atoms with Crippen LogP contribution >= 0.6 is 0 Å². The Bertz CT molecular complexity index is 174. The largest absolute Gasteiger partial charge is 0.477 e. The van der Waals surface area contributed by atoms with Crippen LogP contribution in [-0.4, -0.2) is 23.1 Å². The Labute approximate surface area is 57.4 Å². The van der Waals surface area contributed by atoms with E-state index >= 15 is 0 Å². The molecule has 6 heteroatoms. The highest BCUT2D eigenvalue weighted by molar-refractivity contribution is 6.34. The van der Waals surface area contributed by atoms with E-state index in [0.29, 0.717) is 0 Å². The third-order valence-corrected chi connectivity index (χ3v) is 0.674. The van der Waals surface area contributed by atoms with Gasteiger partial charge in [-0.2, -0.15) is 10.2 Å². The van der Waals surface area contributed by atoms with E-state index in [1.807, 2.05) is 0 Å². The first-order chi connectivity index (χ1) is 4.68. The molecule has 0 fully saturated rings. The first-order valence-corrected chi connectivity index (χ1v) is 2.43. The zero-order valence-corrected chi connectivity index (χ0v) is 5.40. The topological polar surface area (TPSA) is 100 Å². The van der Waals surface area contributed by atoms with E-state index in [1.54, 1.807) is 0 Å². The number of hydrogen-bond acceptors (Lipinski definition) is 4. The molecule has 0 atom stereocenters. The lowest BCUT2D eigenvalue weighted by Gasteiger charge is -1.89. The van der Waals surface area contributed by atoms with E-state index in [0.717, 1.165) is 6.34 Å². The van der Waals surface area contributed by atoms with Gasteiger partial charge in [0.1, 0.15) is 12.1 Å². The molecule has 0 aliphatic carbocycles. The van der Waals surface area contributed by atoms with E-state index < -0.39 is 5.97 Å². The Balaban J connectivity index is 3.80. The van der Waals surface area contributed by atoms with Crippen LogP contribution in [-0.2, 0) is 4.79 Å². The van der Waals surface area contributed by atoms with Gasteiger partial charge in [-0.1, -0.05) is 0 Å². The van der Waals surface area contributed by atoms with Crippen LogP contribution in [0.3, 0.4) is 0 Å². The van der Waals surface area contributed by atoms with Crippen molar-refractivity contribution in [2.75, 3.05) is 0 Å². The molecule has 0 amide bonds. The Morgan fingerprint density at radius 3 is 2.80 bits per heavy atom. The minimum Gasteiger partial charge on any atom is -0.477 e. The Hall–Kier alpha value is -1.59. The fourth-order valence-corrected chi connectivity index (χ4v) is 0.207. The number of carbonyl (C=O) groups is 1. The molecule has 0 rings (SSSR count). The number of nitrogens with zero attached hydrogens (tertiary/aromatic N) is 2. The molecule has 6 nitrogen and oxygen atoms in total.